The number of aromatic nitrogens is 6. The number of imidazole rings is 1. The molecule has 0 unspecified atom stereocenters. The number of fused-ring (bicyclic) bond motifs is 1. The number of ether oxygens (including phenoxy) is 1. The Balaban J connectivity index is 1.29. The number of hydrogen-bond donors (Lipinski definition) is 0. The van der Waals surface area contributed by atoms with E-state index in [2.05, 4.69) is 15.1 Å². The summed E-state index contributed by atoms with van der Waals surface area (Å²) in [5.41, 5.74) is 0.459. The molecule has 1 aliphatic carbocycles. The van der Waals surface area contributed by atoms with Gasteiger partial charge in [0.2, 0.25) is 5.89 Å². The molecule has 4 aromatic rings. The summed E-state index contributed by atoms with van der Waals surface area (Å²) >= 11 is 5.97. The van der Waals surface area contributed by atoms with Crippen molar-refractivity contribution in [3.63, 3.8) is 0 Å². The fourth-order valence-electron chi connectivity index (χ4n) is 3.52. The van der Waals surface area contributed by atoms with Gasteiger partial charge in [-0.2, -0.15) is 4.68 Å². The van der Waals surface area contributed by atoms with E-state index in [0.29, 0.717) is 34.8 Å². The first kappa shape index (κ1) is 18.6. The number of nitrogens with zero attached hydrogens (tertiary/aromatic N) is 6. The van der Waals surface area contributed by atoms with Crippen molar-refractivity contribution in [1.82, 2.24) is 28.9 Å². The van der Waals surface area contributed by atoms with E-state index in [9.17, 15) is 9.59 Å². The monoisotopic (exact) mass is 428 g/mol. The zero-order chi connectivity index (χ0) is 20.8. The quantitative estimate of drug-likeness (QED) is 0.476. The van der Waals surface area contributed by atoms with E-state index >= 15 is 0 Å². The van der Waals surface area contributed by atoms with Gasteiger partial charge >= 0.3 is 5.76 Å². The lowest BCUT2D eigenvalue weighted by atomic mass is 9.89. The molecular weight excluding hydrogens is 412 g/mol. The molecule has 0 radical (unpaired) electrons. The van der Waals surface area contributed by atoms with Crippen molar-refractivity contribution in [2.24, 2.45) is 7.05 Å². The Morgan fingerprint density at radius 3 is 2.83 bits per heavy atom. The predicted molar refractivity (Wildman–Crippen MR) is 107 cm³/mol. The van der Waals surface area contributed by atoms with E-state index < -0.39 is 5.76 Å². The Kier molecular flexibility index (Phi) is 4.43. The molecule has 0 saturated heterocycles. The molecule has 30 heavy (non-hydrogen) atoms. The van der Waals surface area contributed by atoms with Gasteiger partial charge in [0.25, 0.3) is 5.56 Å². The van der Waals surface area contributed by atoms with Crippen molar-refractivity contribution >= 4 is 22.8 Å². The standard InChI is InChI=1S/C19H17ClN6O4/c1-24-9-21-17-16(24)18(27)25(10-22-17)8-15-23-26(19(28)30-15)12-6-14(7-12)29-13-4-2-3-11(20)5-13/h2-5,9-10,12,14H,6-8H2,1H3/t12-,14-. The zero-order valence-corrected chi connectivity index (χ0v) is 16.7. The van der Waals surface area contributed by atoms with Crippen LogP contribution in [-0.4, -0.2) is 35.0 Å². The summed E-state index contributed by atoms with van der Waals surface area (Å²) in [5, 5.41) is 4.87. The van der Waals surface area contributed by atoms with Gasteiger partial charge in [-0.15, -0.1) is 5.10 Å². The average molecular weight is 429 g/mol. The van der Waals surface area contributed by atoms with Crippen molar-refractivity contribution in [2.45, 2.75) is 31.5 Å². The van der Waals surface area contributed by atoms with Gasteiger partial charge in [0, 0.05) is 24.9 Å². The van der Waals surface area contributed by atoms with E-state index in [-0.39, 0.29) is 30.1 Å². The molecule has 5 rings (SSSR count). The minimum atomic E-state index is -0.557. The second kappa shape index (κ2) is 7.13. The first-order chi connectivity index (χ1) is 14.5. The Hall–Kier alpha value is -3.40. The molecule has 0 atom stereocenters. The fourth-order valence-corrected chi connectivity index (χ4v) is 3.70. The highest BCUT2D eigenvalue weighted by atomic mass is 35.5. The van der Waals surface area contributed by atoms with Gasteiger partial charge < -0.3 is 13.7 Å². The summed E-state index contributed by atoms with van der Waals surface area (Å²) in [4.78, 5) is 33.1. The van der Waals surface area contributed by atoms with Gasteiger partial charge in [-0.1, -0.05) is 17.7 Å². The summed E-state index contributed by atoms with van der Waals surface area (Å²) in [5.74, 6) is 0.278. The maximum atomic E-state index is 12.6. The smallest absolute Gasteiger partial charge is 0.437 e. The second-order valence-corrected chi connectivity index (χ2v) is 7.67. The molecule has 0 N–H and O–H groups in total. The topological polar surface area (TPSA) is 110 Å². The van der Waals surface area contributed by atoms with E-state index in [1.807, 2.05) is 12.1 Å². The minimum absolute atomic E-state index is 0.00432. The molecular formula is C19H17ClN6O4. The summed E-state index contributed by atoms with van der Waals surface area (Å²) < 4.78 is 15.4. The lowest BCUT2D eigenvalue weighted by Gasteiger charge is -2.34. The van der Waals surface area contributed by atoms with E-state index in [4.69, 9.17) is 20.8 Å². The van der Waals surface area contributed by atoms with Crippen molar-refractivity contribution in [1.29, 1.82) is 0 Å². The summed E-state index contributed by atoms with van der Waals surface area (Å²) in [6.07, 6.45) is 4.12. The number of hydrogen-bond acceptors (Lipinski definition) is 7. The number of benzene rings is 1. The Morgan fingerprint density at radius 1 is 1.23 bits per heavy atom. The molecule has 1 saturated carbocycles. The van der Waals surface area contributed by atoms with E-state index in [1.165, 1.54) is 21.9 Å². The molecule has 1 aromatic carbocycles. The molecule has 0 amide bonds. The van der Waals surface area contributed by atoms with Crippen LogP contribution in [0.2, 0.25) is 5.02 Å². The Labute approximate surface area is 174 Å². The van der Waals surface area contributed by atoms with Crippen LogP contribution in [0.15, 0.2) is 50.9 Å². The first-order valence-corrected chi connectivity index (χ1v) is 9.73. The van der Waals surface area contributed by atoms with Crippen LogP contribution >= 0.6 is 11.6 Å². The molecule has 3 aromatic heterocycles. The Bertz CT molecular complexity index is 1350. The lowest BCUT2D eigenvalue weighted by Crippen LogP contribution is -2.39. The molecule has 3 heterocycles. The van der Waals surface area contributed by atoms with Crippen LogP contribution in [0.4, 0.5) is 0 Å². The van der Waals surface area contributed by atoms with Gasteiger partial charge in [0.15, 0.2) is 11.2 Å². The number of rotatable bonds is 5. The zero-order valence-electron chi connectivity index (χ0n) is 15.9. The van der Waals surface area contributed by atoms with Crippen LogP contribution in [0.3, 0.4) is 0 Å². The molecule has 0 bridgehead atoms. The van der Waals surface area contributed by atoms with Crippen molar-refractivity contribution in [3.05, 3.63) is 68.7 Å². The molecule has 1 fully saturated rings. The number of aryl methyl sites for hydroxylation is 1. The van der Waals surface area contributed by atoms with Crippen LogP contribution in [0.1, 0.15) is 24.8 Å². The SMILES string of the molecule is Cn1cnc2ncn(Cc3nn([C@H]4C[C@H](Oc5cccc(Cl)c5)C4)c(=O)o3)c(=O)c21. The van der Waals surface area contributed by atoms with Crippen LogP contribution in [0.25, 0.3) is 11.2 Å². The molecule has 1 aliphatic rings. The molecule has 11 heteroatoms. The van der Waals surface area contributed by atoms with Gasteiger partial charge in [-0.05, 0) is 18.2 Å². The fraction of sp³-hybridized carbons (Fsp3) is 0.316. The first-order valence-electron chi connectivity index (χ1n) is 9.35. The highest BCUT2D eigenvalue weighted by Crippen LogP contribution is 2.34. The van der Waals surface area contributed by atoms with E-state index in [1.54, 1.807) is 23.7 Å². The van der Waals surface area contributed by atoms with Crippen molar-refractivity contribution in [3.8, 4) is 5.75 Å². The summed E-state index contributed by atoms with van der Waals surface area (Å²) in [7, 11) is 1.72. The van der Waals surface area contributed by atoms with Gasteiger partial charge in [-0.25, -0.2) is 14.8 Å². The lowest BCUT2D eigenvalue weighted by molar-refractivity contribution is 0.0616. The van der Waals surface area contributed by atoms with E-state index in [0.717, 1.165) is 0 Å². The third-order valence-electron chi connectivity index (χ3n) is 5.13. The van der Waals surface area contributed by atoms with Crippen LogP contribution < -0.4 is 16.1 Å². The third-order valence-corrected chi connectivity index (χ3v) is 5.37. The summed E-state index contributed by atoms with van der Waals surface area (Å²) in [6.45, 7) is 0.00432. The summed E-state index contributed by atoms with van der Waals surface area (Å²) in [6, 6.07) is 7.07. The minimum Gasteiger partial charge on any atom is -0.490 e. The third kappa shape index (κ3) is 3.28. The predicted octanol–water partition coefficient (Wildman–Crippen LogP) is 1.76. The molecule has 10 nitrogen and oxygen atoms in total. The normalized spacial score (nSPS) is 18.5. The largest absolute Gasteiger partial charge is 0.490 e. The van der Waals surface area contributed by atoms with Gasteiger partial charge in [0.1, 0.15) is 24.7 Å². The molecule has 0 aliphatic heterocycles. The molecule has 0 spiro atoms. The van der Waals surface area contributed by atoms with Crippen molar-refractivity contribution in [2.75, 3.05) is 0 Å². The Morgan fingerprint density at radius 2 is 2.03 bits per heavy atom. The van der Waals surface area contributed by atoms with Gasteiger partial charge in [-0.3, -0.25) is 9.36 Å². The van der Waals surface area contributed by atoms with Crippen molar-refractivity contribution < 1.29 is 9.15 Å². The highest BCUT2D eigenvalue weighted by molar-refractivity contribution is 6.30. The molecule has 154 valence electrons. The second-order valence-electron chi connectivity index (χ2n) is 7.23. The highest BCUT2D eigenvalue weighted by Gasteiger charge is 2.35. The average Bonchev–Trinajstić information content (AvgIpc) is 3.23. The maximum absolute atomic E-state index is 12.6. The maximum Gasteiger partial charge on any atom is 0.437 e. The van der Waals surface area contributed by atoms with Crippen LogP contribution in [-0.2, 0) is 13.6 Å². The van der Waals surface area contributed by atoms with Gasteiger partial charge in [0.05, 0.1) is 12.4 Å². The number of halogens is 1. The van der Waals surface area contributed by atoms with Crippen LogP contribution in [0.5, 0.6) is 5.75 Å². The van der Waals surface area contributed by atoms with Crippen LogP contribution in [0, 0.1) is 0 Å².